The second-order valence-electron chi connectivity index (χ2n) is 5.20. The van der Waals surface area contributed by atoms with Gasteiger partial charge in [-0.2, -0.15) is 0 Å². The highest BCUT2D eigenvalue weighted by atomic mass is 32.2. The average Bonchev–Trinajstić information content (AvgIpc) is 2.71. The molecule has 0 atom stereocenters. The van der Waals surface area contributed by atoms with Crippen LogP contribution in [0.2, 0.25) is 0 Å². The van der Waals surface area contributed by atoms with Gasteiger partial charge in [-0.05, 0) is 47.1 Å². The minimum atomic E-state index is 0.170. The molecule has 0 N–H and O–H groups in total. The van der Waals surface area contributed by atoms with Crippen LogP contribution in [0.3, 0.4) is 0 Å². The molecule has 96 valence electrons. The van der Waals surface area contributed by atoms with Crippen molar-refractivity contribution in [2.75, 3.05) is 6.26 Å². The van der Waals surface area contributed by atoms with Gasteiger partial charge in [0.15, 0.2) is 5.78 Å². The van der Waals surface area contributed by atoms with E-state index < -0.39 is 0 Å². The summed E-state index contributed by atoms with van der Waals surface area (Å²) in [5, 5.41) is 0. The van der Waals surface area contributed by atoms with Gasteiger partial charge in [-0.15, -0.1) is 11.8 Å². The van der Waals surface area contributed by atoms with E-state index in [2.05, 4.69) is 44.2 Å². The van der Waals surface area contributed by atoms with E-state index in [0.29, 0.717) is 5.92 Å². The number of hydrogen-bond donors (Lipinski definition) is 0. The Hall–Kier alpha value is -1.54. The fourth-order valence-electron chi connectivity index (χ4n) is 2.56. The Morgan fingerprint density at radius 3 is 2.16 bits per heavy atom. The van der Waals surface area contributed by atoms with Crippen molar-refractivity contribution in [3.8, 4) is 11.1 Å². The Balaban J connectivity index is 2.18. The lowest BCUT2D eigenvalue weighted by atomic mass is 9.97. The van der Waals surface area contributed by atoms with Crippen molar-refractivity contribution in [1.29, 1.82) is 0 Å². The van der Waals surface area contributed by atoms with Crippen LogP contribution < -0.4 is 0 Å². The van der Waals surface area contributed by atoms with Crippen molar-refractivity contribution in [3.63, 3.8) is 0 Å². The number of ketones is 1. The van der Waals surface area contributed by atoms with Crippen molar-refractivity contribution in [3.05, 3.63) is 53.1 Å². The predicted octanol–water partition coefficient (Wildman–Crippen LogP) is 4.74. The molecule has 3 rings (SSSR count). The van der Waals surface area contributed by atoms with Gasteiger partial charge in [-0.3, -0.25) is 4.79 Å². The molecule has 2 heteroatoms. The van der Waals surface area contributed by atoms with Gasteiger partial charge in [0.1, 0.15) is 0 Å². The summed E-state index contributed by atoms with van der Waals surface area (Å²) in [5.74, 6) is 0.618. The van der Waals surface area contributed by atoms with Crippen LogP contribution in [0.5, 0.6) is 0 Å². The van der Waals surface area contributed by atoms with Crippen molar-refractivity contribution in [2.24, 2.45) is 0 Å². The van der Waals surface area contributed by atoms with E-state index in [1.165, 1.54) is 5.56 Å². The smallest absolute Gasteiger partial charge is 0.194 e. The molecule has 0 saturated heterocycles. The Bertz CT molecular complexity index is 671. The summed E-state index contributed by atoms with van der Waals surface area (Å²) in [5.41, 5.74) is 5.09. The largest absolute Gasteiger partial charge is 0.289 e. The average molecular weight is 268 g/mol. The predicted molar refractivity (Wildman–Crippen MR) is 81.2 cm³/mol. The van der Waals surface area contributed by atoms with Gasteiger partial charge < -0.3 is 0 Å². The van der Waals surface area contributed by atoms with Crippen LogP contribution in [0, 0.1) is 0 Å². The summed E-state index contributed by atoms with van der Waals surface area (Å²) in [6.45, 7) is 4.31. The van der Waals surface area contributed by atoms with Gasteiger partial charge in [-0.25, -0.2) is 0 Å². The quantitative estimate of drug-likeness (QED) is 0.624. The van der Waals surface area contributed by atoms with E-state index >= 15 is 0 Å². The van der Waals surface area contributed by atoms with E-state index in [-0.39, 0.29) is 5.78 Å². The third-order valence-electron chi connectivity index (χ3n) is 3.72. The van der Waals surface area contributed by atoms with Crippen molar-refractivity contribution < 1.29 is 4.79 Å². The number of benzene rings is 2. The third kappa shape index (κ3) is 1.91. The summed E-state index contributed by atoms with van der Waals surface area (Å²) >= 11 is 1.67. The normalized spacial score (nSPS) is 12.7. The molecule has 1 aliphatic carbocycles. The second-order valence-corrected chi connectivity index (χ2v) is 6.08. The van der Waals surface area contributed by atoms with E-state index in [1.807, 2.05) is 12.3 Å². The highest BCUT2D eigenvalue weighted by molar-refractivity contribution is 7.98. The van der Waals surface area contributed by atoms with Gasteiger partial charge in [0.05, 0.1) is 0 Å². The van der Waals surface area contributed by atoms with E-state index in [1.54, 1.807) is 11.8 Å². The number of thioether (sulfide) groups is 1. The second kappa shape index (κ2) is 4.53. The zero-order valence-electron chi connectivity index (χ0n) is 11.4. The molecule has 0 heterocycles. The van der Waals surface area contributed by atoms with Crippen molar-refractivity contribution in [2.45, 2.75) is 24.7 Å². The highest BCUT2D eigenvalue weighted by Gasteiger charge is 2.27. The summed E-state index contributed by atoms with van der Waals surface area (Å²) in [7, 11) is 0. The van der Waals surface area contributed by atoms with Crippen molar-refractivity contribution in [1.82, 2.24) is 0 Å². The maximum Gasteiger partial charge on any atom is 0.194 e. The standard InChI is InChI=1S/C17H16OS/c1-10(2)11-4-6-13-14-7-5-12(19-3)9-16(14)17(18)15(13)8-11/h4-10H,1-3H3. The lowest BCUT2D eigenvalue weighted by molar-refractivity contribution is 0.104. The number of hydrogen-bond acceptors (Lipinski definition) is 2. The first-order valence-corrected chi connectivity index (χ1v) is 7.71. The zero-order valence-corrected chi connectivity index (χ0v) is 12.2. The van der Waals surface area contributed by atoms with E-state index in [4.69, 9.17) is 0 Å². The third-order valence-corrected chi connectivity index (χ3v) is 4.44. The first kappa shape index (κ1) is 12.5. The highest BCUT2D eigenvalue weighted by Crippen LogP contribution is 2.39. The van der Waals surface area contributed by atoms with Crippen LogP contribution in [-0.2, 0) is 0 Å². The monoisotopic (exact) mass is 268 g/mol. The number of carbonyl (C=O) groups is 1. The van der Waals surface area contributed by atoms with Crippen LogP contribution in [-0.4, -0.2) is 12.0 Å². The summed E-state index contributed by atoms with van der Waals surface area (Å²) in [4.78, 5) is 13.7. The van der Waals surface area contributed by atoms with E-state index in [0.717, 1.165) is 27.1 Å². The minimum Gasteiger partial charge on any atom is -0.289 e. The molecule has 0 bridgehead atoms. The molecule has 0 amide bonds. The molecule has 0 spiro atoms. The molecule has 0 saturated carbocycles. The molecule has 19 heavy (non-hydrogen) atoms. The van der Waals surface area contributed by atoms with Gasteiger partial charge in [-0.1, -0.05) is 32.0 Å². The maximum atomic E-state index is 12.5. The molecule has 0 aliphatic heterocycles. The first-order chi connectivity index (χ1) is 9.11. The van der Waals surface area contributed by atoms with Crippen LogP contribution in [0.4, 0.5) is 0 Å². The fraction of sp³-hybridized carbons (Fsp3) is 0.235. The minimum absolute atomic E-state index is 0.170. The Kier molecular flexibility index (Phi) is 2.98. The fourth-order valence-corrected chi connectivity index (χ4v) is 3.00. The van der Waals surface area contributed by atoms with Crippen LogP contribution in [0.1, 0.15) is 41.3 Å². The van der Waals surface area contributed by atoms with Gasteiger partial charge in [0.2, 0.25) is 0 Å². The molecule has 2 aromatic rings. The topological polar surface area (TPSA) is 17.1 Å². The molecule has 0 aromatic heterocycles. The molecule has 0 radical (unpaired) electrons. The van der Waals surface area contributed by atoms with Crippen LogP contribution >= 0.6 is 11.8 Å². The zero-order chi connectivity index (χ0) is 13.6. The number of carbonyl (C=O) groups excluding carboxylic acids is 1. The molecule has 0 unspecified atom stereocenters. The van der Waals surface area contributed by atoms with Gasteiger partial charge in [0.25, 0.3) is 0 Å². The summed E-state index contributed by atoms with van der Waals surface area (Å²) in [6, 6.07) is 12.4. The van der Waals surface area contributed by atoms with Gasteiger partial charge >= 0.3 is 0 Å². The Morgan fingerprint density at radius 2 is 1.53 bits per heavy atom. The Labute approximate surface area is 118 Å². The molecular weight excluding hydrogens is 252 g/mol. The summed E-state index contributed by atoms with van der Waals surface area (Å²) in [6.07, 6.45) is 2.03. The molecule has 1 nitrogen and oxygen atoms in total. The summed E-state index contributed by atoms with van der Waals surface area (Å²) < 4.78 is 0. The van der Waals surface area contributed by atoms with Crippen LogP contribution in [0.25, 0.3) is 11.1 Å². The Morgan fingerprint density at radius 1 is 0.895 bits per heavy atom. The van der Waals surface area contributed by atoms with Gasteiger partial charge in [0, 0.05) is 16.0 Å². The lowest BCUT2D eigenvalue weighted by Crippen LogP contribution is -1.97. The lowest BCUT2D eigenvalue weighted by Gasteiger charge is -2.07. The number of rotatable bonds is 2. The molecule has 0 fully saturated rings. The maximum absolute atomic E-state index is 12.5. The van der Waals surface area contributed by atoms with Crippen LogP contribution in [0.15, 0.2) is 41.3 Å². The van der Waals surface area contributed by atoms with E-state index in [9.17, 15) is 4.79 Å². The molecule has 1 aliphatic rings. The van der Waals surface area contributed by atoms with Crippen molar-refractivity contribution >= 4 is 17.5 Å². The first-order valence-electron chi connectivity index (χ1n) is 6.49. The number of fused-ring (bicyclic) bond motifs is 3. The molecular formula is C17H16OS. The SMILES string of the molecule is CSc1ccc2c(c1)C(=O)c1cc(C(C)C)ccc1-2. The molecule has 2 aromatic carbocycles.